The number of aromatic amines is 1. The predicted octanol–water partition coefficient (Wildman–Crippen LogP) is 1.62. The normalized spacial score (nSPS) is 26.5. The Labute approximate surface area is 249 Å². The maximum atomic E-state index is 11.1. The van der Waals surface area contributed by atoms with Gasteiger partial charge in [-0.1, -0.05) is 19.9 Å². The van der Waals surface area contributed by atoms with Gasteiger partial charge in [0.2, 0.25) is 0 Å². The van der Waals surface area contributed by atoms with Crippen LogP contribution in [0, 0.1) is 5.92 Å². The molecule has 1 aliphatic heterocycles. The Morgan fingerprint density at radius 3 is 2.60 bits per heavy atom. The first-order valence-corrected chi connectivity index (χ1v) is 14.9. The number of hydrogen-bond acceptors (Lipinski definition) is 11. The van der Waals surface area contributed by atoms with Crippen molar-refractivity contribution in [1.82, 2.24) is 34.4 Å². The fourth-order valence-electron chi connectivity index (χ4n) is 6.40. The first kappa shape index (κ1) is 29.9. The summed E-state index contributed by atoms with van der Waals surface area (Å²) >= 11 is 0. The van der Waals surface area contributed by atoms with E-state index in [1.807, 2.05) is 30.9 Å². The number of nitrogen functional groups attached to an aromatic ring is 1. The average Bonchev–Trinajstić information content (AvgIpc) is 3.62. The van der Waals surface area contributed by atoms with Gasteiger partial charge in [0.1, 0.15) is 41.7 Å². The zero-order valence-corrected chi connectivity index (χ0v) is 25.1. The molecule has 2 aliphatic rings. The van der Waals surface area contributed by atoms with Crippen molar-refractivity contribution in [2.45, 2.75) is 95.1 Å². The summed E-state index contributed by atoms with van der Waals surface area (Å²) in [4.78, 5) is 22.6. The van der Waals surface area contributed by atoms with Crippen LogP contribution in [-0.2, 0) is 16.6 Å². The van der Waals surface area contributed by atoms with Crippen molar-refractivity contribution in [3.63, 3.8) is 0 Å². The number of aliphatic hydroxyl groups is 4. The third kappa shape index (κ3) is 5.61. The zero-order chi connectivity index (χ0) is 30.7. The number of ether oxygens (including phenoxy) is 1. The van der Waals surface area contributed by atoms with E-state index in [1.54, 1.807) is 18.4 Å². The summed E-state index contributed by atoms with van der Waals surface area (Å²) in [6, 6.07) is 6.21. The first-order valence-electron chi connectivity index (χ1n) is 14.9. The van der Waals surface area contributed by atoms with E-state index < -0.39 is 30.3 Å². The van der Waals surface area contributed by atoms with E-state index in [0.717, 1.165) is 48.1 Å². The highest BCUT2D eigenvalue weighted by Crippen LogP contribution is 2.40. The van der Waals surface area contributed by atoms with Gasteiger partial charge in [-0.25, -0.2) is 19.9 Å². The highest BCUT2D eigenvalue weighted by Gasteiger charge is 2.48. The number of anilines is 1. The molecular weight excluding hydrogens is 552 g/mol. The van der Waals surface area contributed by atoms with Crippen molar-refractivity contribution >= 4 is 28.0 Å². The molecule has 7 N–H and O–H groups in total. The molecule has 13 nitrogen and oxygen atoms in total. The summed E-state index contributed by atoms with van der Waals surface area (Å²) in [6.07, 6.45) is 2.34. The molecule has 1 saturated carbocycles. The standard InChI is InChI=1S/C30H42N8O5/c1-29(2,13-39)17-6-7-19-20(11-17)36-22(35-19)8-5-16-9-18(10-16)38(30(3,4)42)12-21-24(40)25(41)28(43-21)37-15-34-23-26(31)32-14-33-27(23)37/h6-7,11,14-16,18,21,24-25,28,39-42H,5,8-10,12-13H2,1-4H3,(H,35,36)(H2,31,32,33)/t16?,18?,21-,24-,25-,28-/m1/s1. The summed E-state index contributed by atoms with van der Waals surface area (Å²) < 4.78 is 7.72. The number of aliphatic hydroxyl groups excluding tert-OH is 3. The lowest BCUT2D eigenvalue weighted by atomic mass is 9.76. The van der Waals surface area contributed by atoms with Gasteiger partial charge in [-0.3, -0.25) is 9.47 Å². The van der Waals surface area contributed by atoms with Crippen LogP contribution in [0.15, 0.2) is 30.9 Å². The molecule has 0 bridgehead atoms. The van der Waals surface area contributed by atoms with Crippen LogP contribution in [0.4, 0.5) is 5.82 Å². The minimum atomic E-state index is -1.22. The topological polar surface area (TPSA) is 192 Å². The quantitative estimate of drug-likeness (QED) is 0.146. The summed E-state index contributed by atoms with van der Waals surface area (Å²) in [5.41, 5.74) is 8.21. The smallest absolute Gasteiger partial charge is 0.167 e. The number of hydrogen-bond donors (Lipinski definition) is 6. The lowest BCUT2D eigenvalue weighted by Crippen LogP contribution is -2.58. The predicted molar refractivity (Wildman–Crippen MR) is 160 cm³/mol. The Balaban J connectivity index is 1.08. The van der Waals surface area contributed by atoms with E-state index in [2.05, 4.69) is 26.0 Å². The molecule has 4 atom stereocenters. The van der Waals surface area contributed by atoms with Crippen molar-refractivity contribution in [1.29, 1.82) is 0 Å². The summed E-state index contributed by atoms with van der Waals surface area (Å²) in [5.74, 6) is 1.64. The minimum Gasteiger partial charge on any atom is -0.395 e. The van der Waals surface area contributed by atoms with E-state index in [1.165, 1.54) is 12.7 Å². The monoisotopic (exact) mass is 594 g/mol. The molecule has 2 fully saturated rings. The summed E-state index contributed by atoms with van der Waals surface area (Å²) in [6.45, 7) is 7.82. The van der Waals surface area contributed by atoms with E-state index in [4.69, 9.17) is 15.5 Å². The second-order valence-electron chi connectivity index (χ2n) is 13.3. The second kappa shape index (κ2) is 11.1. The molecule has 4 heterocycles. The Kier molecular flexibility index (Phi) is 7.68. The Morgan fingerprint density at radius 2 is 1.88 bits per heavy atom. The van der Waals surface area contributed by atoms with E-state index in [9.17, 15) is 20.4 Å². The molecule has 0 radical (unpaired) electrons. The third-order valence-electron chi connectivity index (χ3n) is 9.23. The fourth-order valence-corrected chi connectivity index (χ4v) is 6.40. The first-order chi connectivity index (χ1) is 20.4. The van der Waals surface area contributed by atoms with Gasteiger partial charge in [-0.05, 0) is 56.7 Å². The third-order valence-corrected chi connectivity index (χ3v) is 9.23. The molecular formula is C30H42N8O5. The summed E-state index contributed by atoms with van der Waals surface area (Å²) in [5, 5.41) is 42.6. The molecule has 232 valence electrons. The lowest BCUT2D eigenvalue weighted by Gasteiger charge is -2.49. The van der Waals surface area contributed by atoms with Crippen LogP contribution < -0.4 is 5.73 Å². The molecule has 0 unspecified atom stereocenters. The molecule has 0 spiro atoms. The van der Waals surface area contributed by atoms with Crippen LogP contribution in [0.2, 0.25) is 0 Å². The van der Waals surface area contributed by atoms with Crippen LogP contribution in [0.5, 0.6) is 0 Å². The number of H-pyrrole nitrogens is 1. The minimum absolute atomic E-state index is 0.0732. The number of nitrogens with zero attached hydrogens (tertiary/aromatic N) is 6. The van der Waals surface area contributed by atoms with Crippen LogP contribution in [0.25, 0.3) is 22.2 Å². The average molecular weight is 595 g/mol. The van der Waals surface area contributed by atoms with Gasteiger partial charge < -0.3 is 35.9 Å². The summed E-state index contributed by atoms with van der Waals surface area (Å²) in [7, 11) is 0. The number of rotatable bonds is 10. The van der Waals surface area contributed by atoms with Crippen molar-refractivity contribution in [2.75, 3.05) is 18.9 Å². The number of aromatic nitrogens is 6. The Bertz CT molecular complexity index is 1590. The highest BCUT2D eigenvalue weighted by molar-refractivity contribution is 5.81. The molecule has 13 heteroatoms. The highest BCUT2D eigenvalue weighted by atomic mass is 16.6. The molecule has 1 aromatic carbocycles. The van der Waals surface area contributed by atoms with E-state index >= 15 is 0 Å². The van der Waals surface area contributed by atoms with E-state index in [-0.39, 0.29) is 30.4 Å². The molecule has 6 rings (SSSR count). The number of nitrogens with two attached hydrogens (primary N) is 1. The van der Waals surface area contributed by atoms with Gasteiger partial charge in [0.15, 0.2) is 17.7 Å². The number of fused-ring (bicyclic) bond motifs is 2. The molecule has 1 saturated heterocycles. The van der Waals surface area contributed by atoms with Crippen LogP contribution in [0.1, 0.15) is 64.6 Å². The van der Waals surface area contributed by atoms with Crippen molar-refractivity contribution in [3.05, 3.63) is 42.2 Å². The number of nitrogens with one attached hydrogen (secondary N) is 1. The molecule has 0 amide bonds. The van der Waals surface area contributed by atoms with Gasteiger partial charge in [0.25, 0.3) is 0 Å². The van der Waals surface area contributed by atoms with Gasteiger partial charge in [-0.15, -0.1) is 0 Å². The number of imidazole rings is 2. The molecule has 4 aromatic rings. The van der Waals surface area contributed by atoms with Crippen molar-refractivity contribution in [3.8, 4) is 0 Å². The van der Waals surface area contributed by atoms with Crippen LogP contribution in [0.3, 0.4) is 0 Å². The molecule has 43 heavy (non-hydrogen) atoms. The number of benzene rings is 1. The Hall–Kier alpha value is -3.20. The molecule has 1 aliphatic carbocycles. The Morgan fingerprint density at radius 1 is 1.12 bits per heavy atom. The lowest BCUT2D eigenvalue weighted by molar-refractivity contribution is -0.151. The zero-order valence-electron chi connectivity index (χ0n) is 25.1. The van der Waals surface area contributed by atoms with Crippen LogP contribution in [-0.4, -0.2) is 98.0 Å². The largest absolute Gasteiger partial charge is 0.395 e. The van der Waals surface area contributed by atoms with Gasteiger partial charge >= 0.3 is 0 Å². The van der Waals surface area contributed by atoms with E-state index in [0.29, 0.717) is 17.1 Å². The maximum Gasteiger partial charge on any atom is 0.167 e. The second-order valence-corrected chi connectivity index (χ2v) is 13.3. The van der Waals surface area contributed by atoms with Gasteiger partial charge in [-0.2, -0.15) is 0 Å². The van der Waals surface area contributed by atoms with Crippen molar-refractivity contribution in [2.24, 2.45) is 5.92 Å². The molecule has 3 aromatic heterocycles. The van der Waals surface area contributed by atoms with Crippen LogP contribution >= 0.6 is 0 Å². The van der Waals surface area contributed by atoms with Crippen molar-refractivity contribution < 1.29 is 25.2 Å². The number of aryl methyl sites for hydroxylation is 1. The van der Waals surface area contributed by atoms with Gasteiger partial charge in [0, 0.05) is 24.4 Å². The SMILES string of the molecule is CC(C)(CO)c1ccc2nc(CCC3CC(N(C[C@H]4O[C@@H](n5cnc6c(N)ncnc65)[C@H](O)[C@@H]4O)C(C)(C)O)C3)[nH]c2c1. The van der Waals surface area contributed by atoms with Gasteiger partial charge in [0.05, 0.1) is 24.0 Å². The fraction of sp³-hybridized carbons (Fsp3) is 0.600. The maximum absolute atomic E-state index is 11.1.